The van der Waals surface area contributed by atoms with E-state index in [1.165, 1.54) is 32.1 Å². The maximum Gasteiger partial charge on any atom is 0.0589 e. The summed E-state index contributed by atoms with van der Waals surface area (Å²) < 4.78 is 5.34. The predicted octanol–water partition coefficient (Wildman–Crippen LogP) is 2.89. The van der Waals surface area contributed by atoms with Gasteiger partial charge in [0.25, 0.3) is 0 Å². The van der Waals surface area contributed by atoms with Crippen molar-refractivity contribution in [1.82, 2.24) is 4.90 Å². The van der Waals surface area contributed by atoms with Crippen molar-refractivity contribution in [3.8, 4) is 0 Å². The Kier molecular flexibility index (Phi) is 5.88. The number of nitrogens with two attached hydrogens (primary N) is 1. The van der Waals surface area contributed by atoms with Crippen LogP contribution in [0.3, 0.4) is 0 Å². The molecule has 2 saturated carbocycles. The summed E-state index contributed by atoms with van der Waals surface area (Å²) in [5.74, 6) is 2.53. The van der Waals surface area contributed by atoms with Crippen LogP contribution in [0.2, 0.25) is 0 Å². The first kappa shape index (κ1) is 16.3. The highest BCUT2D eigenvalue weighted by Gasteiger charge is 2.39. The van der Waals surface area contributed by atoms with Gasteiger partial charge in [0.15, 0.2) is 0 Å². The minimum atomic E-state index is 0.350. The Bertz CT molecular complexity index is 291. The van der Waals surface area contributed by atoms with Crippen molar-refractivity contribution in [2.24, 2.45) is 23.5 Å². The fraction of sp³-hybridized carbons (Fsp3) is 1.00. The minimum absolute atomic E-state index is 0.350. The fourth-order valence-electron chi connectivity index (χ4n) is 3.91. The lowest BCUT2D eigenvalue weighted by Crippen LogP contribution is -2.55. The Balaban J connectivity index is 2.03. The standard InChI is InChI=1S/C17H34N2O/c1-12(2)15-7-8-16(18)17(11-15)19(9-10-20-4)13(3)14-5-6-14/h12-17H,5-11,18H2,1-4H3. The highest BCUT2D eigenvalue weighted by Crippen LogP contribution is 2.39. The van der Waals surface area contributed by atoms with Crippen molar-refractivity contribution < 1.29 is 4.74 Å². The Hall–Kier alpha value is -0.120. The zero-order chi connectivity index (χ0) is 14.7. The summed E-state index contributed by atoms with van der Waals surface area (Å²) in [6, 6.07) is 1.58. The lowest BCUT2D eigenvalue weighted by Gasteiger charge is -2.45. The maximum absolute atomic E-state index is 6.49. The van der Waals surface area contributed by atoms with E-state index in [9.17, 15) is 0 Å². The third-order valence-corrected chi connectivity index (χ3v) is 5.66. The molecule has 0 aromatic rings. The van der Waals surface area contributed by atoms with E-state index in [-0.39, 0.29) is 0 Å². The third kappa shape index (κ3) is 3.96. The summed E-state index contributed by atoms with van der Waals surface area (Å²) in [6.07, 6.45) is 6.58. The first-order chi connectivity index (χ1) is 9.54. The van der Waals surface area contributed by atoms with E-state index in [0.29, 0.717) is 18.1 Å². The maximum atomic E-state index is 6.49. The first-order valence-electron chi connectivity index (χ1n) is 8.54. The van der Waals surface area contributed by atoms with E-state index in [1.54, 1.807) is 7.11 Å². The van der Waals surface area contributed by atoms with Gasteiger partial charge in [0.05, 0.1) is 6.61 Å². The molecule has 0 bridgehead atoms. The topological polar surface area (TPSA) is 38.5 Å². The van der Waals surface area contributed by atoms with E-state index < -0.39 is 0 Å². The summed E-state index contributed by atoms with van der Waals surface area (Å²) in [6.45, 7) is 8.99. The van der Waals surface area contributed by atoms with Gasteiger partial charge in [-0.05, 0) is 56.8 Å². The van der Waals surface area contributed by atoms with Crippen LogP contribution < -0.4 is 5.73 Å². The highest BCUT2D eigenvalue weighted by atomic mass is 16.5. The van der Waals surface area contributed by atoms with Crippen LogP contribution >= 0.6 is 0 Å². The number of ether oxygens (including phenoxy) is 1. The Morgan fingerprint density at radius 1 is 1.10 bits per heavy atom. The van der Waals surface area contributed by atoms with Crippen LogP contribution in [0.1, 0.15) is 52.9 Å². The predicted molar refractivity (Wildman–Crippen MR) is 84.7 cm³/mol. The van der Waals surface area contributed by atoms with Crippen LogP contribution in [0, 0.1) is 17.8 Å². The lowest BCUT2D eigenvalue weighted by atomic mass is 9.76. The van der Waals surface area contributed by atoms with E-state index in [2.05, 4.69) is 25.7 Å². The normalized spacial score (nSPS) is 32.9. The zero-order valence-electron chi connectivity index (χ0n) is 13.8. The fourth-order valence-corrected chi connectivity index (χ4v) is 3.91. The molecule has 0 amide bonds. The molecular weight excluding hydrogens is 248 g/mol. The molecule has 0 aromatic heterocycles. The van der Waals surface area contributed by atoms with E-state index >= 15 is 0 Å². The molecule has 0 aliphatic heterocycles. The van der Waals surface area contributed by atoms with Gasteiger partial charge in [0, 0.05) is 31.8 Å². The zero-order valence-corrected chi connectivity index (χ0v) is 13.8. The first-order valence-corrected chi connectivity index (χ1v) is 8.54. The van der Waals surface area contributed by atoms with Crippen LogP contribution in [0.15, 0.2) is 0 Å². The van der Waals surface area contributed by atoms with Crippen LogP contribution in [0.5, 0.6) is 0 Å². The summed E-state index contributed by atoms with van der Waals surface area (Å²) in [5, 5.41) is 0. The van der Waals surface area contributed by atoms with E-state index in [1.807, 2.05) is 0 Å². The van der Waals surface area contributed by atoms with Gasteiger partial charge in [0.2, 0.25) is 0 Å². The van der Waals surface area contributed by atoms with Gasteiger partial charge in [-0.1, -0.05) is 13.8 Å². The second-order valence-corrected chi connectivity index (χ2v) is 7.36. The second kappa shape index (κ2) is 7.24. The number of rotatable bonds is 7. The number of nitrogens with zero attached hydrogens (tertiary/aromatic N) is 1. The number of hydrogen-bond acceptors (Lipinski definition) is 3. The summed E-state index contributed by atoms with van der Waals surface area (Å²) in [4.78, 5) is 2.68. The Labute approximate surface area is 125 Å². The molecule has 0 radical (unpaired) electrons. The van der Waals surface area contributed by atoms with Gasteiger partial charge in [-0.25, -0.2) is 0 Å². The van der Waals surface area contributed by atoms with Crippen LogP contribution in [0.4, 0.5) is 0 Å². The van der Waals surface area contributed by atoms with Gasteiger partial charge in [0.1, 0.15) is 0 Å². The van der Waals surface area contributed by atoms with Crippen molar-refractivity contribution in [2.45, 2.75) is 71.0 Å². The monoisotopic (exact) mass is 282 g/mol. The minimum Gasteiger partial charge on any atom is -0.383 e. The van der Waals surface area contributed by atoms with Crippen molar-refractivity contribution in [2.75, 3.05) is 20.3 Å². The van der Waals surface area contributed by atoms with Gasteiger partial charge in [-0.15, -0.1) is 0 Å². The molecule has 0 heterocycles. The molecule has 4 unspecified atom stereocenters. The van der Waals surface area contributed by atoms with E-state index in [4.69, 9.17) is 10.5 Å². The molecule has 2 aliphatic rings. The largest absolute Gasteiger partial charge is 0.383 e. The smallest absolute Gasteiger partial charge is 0.0589 e. The molecule has 0 saturated heterocycles. The van der Waals surface area contributed by atoms with Gasteiger partial charge >= 0.3 is 0 Å². The molecule has 4 atom stereocenters. The number of methoxy groups -OCH3 is 1. The van der Waals surface area contributed by atoms with Crippen LogP contribution in [0.25, 0.3) is 0 Å². The quantitative estimate of drug-likeness (QED) is 0.780. The molecular formula is C17H34N2O. The molecule has 0 aromatic carbocycles. The van der Waals surface area contributed by atoms with Crippen molar-refractivity contribution in [3.05, 3.63) is 0 Å². The van der Waals surface area contributed by atoms with Gasteiger partial charge in [-0.2, -0.15) is 0 Å². The number of hydrogen-bond donors (Lipinski definition) is 1. The third-order valence-electron chi connectivity index (χ3n) is 5.66. The average Bonchev–Trinajstić information content (AvgIpc) is 3.24. The summed E-state index contributed by atoms with van der Waals surface area (Å²) >= 11 is 0. The van der Waals surface area contributed by atoms with Gasteiger partial charge < -0.3 is 10.5 Å². The van der Waals surface area contributed by atoms with Crippen molar-refractivity contribution >= 4 is 0 Å². The molecule has 2 rings (SSSR count). The lowest BCUT2D eigenvalue weighted by molar-refractivity contribution is 0.0363. The highest BCUT2D eigenvalue weighted by molar-refractivity contribution is 4.95. The SMILES string of the molecule is COCCN(C(C)C1CC1)C1CC(C(C)C)CCC1N. The van der Waals surface area contributed by atoms with E-state index in [0.717, 1.165) is 30.9 Å². The molecule has 2 N–H and O–H groups in total. The van der Waals surface area contributed by atoms with Gasteiger partial charge in [-0.3, -0.25) is 4.90 Å². The molecule has 2 aliphatic carbocycles. The van der Waals surface area contributed by atoms with Crippen molar-refractivity contribution in [3.63, 3.8) is 0 Å². The van der Waals surface area contributed by atoms with Crippen LogP contribution in [-0.2, 0) is 4.74 Å². The molecule has 118 valence electrons. The molecule has 3 heteroatoms. The summed E-state index contributed by atoms with van der Waals surface area (Å²) in [5.41, 5.74) is 6.49. The molecule has 20 heavy (non-hydrogen) atoms. The average molecular weight is 282 g/mol. The molecule has 2 fully saturated rings. The van der Waals surface area contributed by atoms with Crippen LogP contribution in [-0.4, -0.2) is 43.3 Å². The summed E-state index contributed by atoms with van der Waals surface area (Å²) in [7, 11) is 1.80. The molecule has 0 spiro atoms. The Morgan fingerprint density at radius 2 is 1.75 bits per heavy atom. The Morgan fingerprint density at radius 3 is 2.30 bits per heavy atom. The second-order valence-electron chi connectivity index (χ2n) is 7.36. The van der Waals surface area contributed by atoms with Crippen molar-refractivity contribution in [1.29, 1.82) is 0 Å². The molecule has 3 nitrogen and oxygen atoms in total.